The van der Waals surface area contributed by atoms with Crippen LogP contribution in [0.5, 0.6) is 11.5 Å². The summed E-state index contributed by atoms with van der Waals surface area (Å²) in [5.41, 5.74) is 1.86. The lowest BCUT2D eigenvalue weighted by molar-refractivity contribution is -0.211. The lowest BCUT2D eigenvalue weighted by Crippen LogP contribution is -2.64. The van der Waals surface area contributed by atoms with E-state index >= 15 is 0 Å². The smallest absolute Gasteiger partial charge is 0.331 e. The first-order valence-electron chi connectivity index (χ1n) is 17.2. The highest BCUT2D eigenvalue weighted by Crippen LogP contribution is 2.75. The molecule has 0 saturated heterocycles. The number of carbonyl (C=O) groups is 2. The van der Waals surface area contributed by atoms with Gasteiger partial charge in [-0.15, -0.1) is 0 Å². The van der Waals surface area contributed by atoms with Crippen LogP contribution in [-0.2, 0) is 14.3 Å². The number of phenolic OH excluding ortho intramolecular Hbond substituents is 2. The van der Waals surface area contributed by atoms with E-state index in [0.29, 0.717) is 23.3 Å². The van der Waals surface area contributed by atoms with Crippen molar-refractivity contribution in [1.29, 1.82) is 0 Å². The van der Waals surface area contributed by atoms with Gasteiger partial charge in [0.2, 0.25) is 0 Å². The predicted molar refractivity (Wildman–Crippen MR) is 175 cm³/mol. The second-order valence-corrected chi connectivity index (χ2v) is 17.4. The van der Waals surface area contributed by atoms with Crippen molar-refractivity contribution in [2.24, 2.45) is 50.2 Å². The van der Waals surface area contributed by atoms with Gasteiger partial charge in [-0.3, -0.25) is 4.79 Å². The van der Waals surface area contributed by atoms with Crippen molar-refractivity contribution in [1.82, 2.24) is 0 Å². The molecule has 0 amide bonds. The van der Waals surface area contributed by atoms with E-state index in [2.05, 4.69) is 47.6 Å². The Hall–Kier alpha value is -2.76. The number of hydrogen-bond acceptors (Lipinski definition) is 5. The lowest BCUT2D eigenvalue weighted by Gasteiger charge is -2.71. The zero-order chi connectivity index (χ0) is 32.8. The molecule has 4 saturated carbocycles. The van der Waals surface area contributed by atoms with E-state index in [4.69, 9.17) is 4.74 Å². The first-order valence-corrected chi connectivity index (χ1v) is 17.2. The summed E-state index contributed by atoms with van der Waals surface area (Å²) in [4.78, 5) is 25.4. The van der Waals surface area contributed by atoms with Crippen molar-refractivity contribution >= 4 is 18.0 Å². The van der Waals surface area contributed by atoms with Crippen LogP contribution in [0.15, 0.2) is 35.9 Å². The summed E-state index contributed by atoms with van der Waals surface area (Å²) in [6, 6.07) is 4.47. The summed E-state index contributed by atoms with van der Waals surface area (Å²) >= 11 is 0. The molecule has 0 aliphatic heterocycles. The molecule has 0 aromatic heterocycles. The number of allylic oxidation sites excluding steroid dienone is 2. The molecule has 6 nitrogen and oxygen atoms in total. The summed E-state index contributed by atoms with van der Waals surface area (Å²) in [5, 5.41) is 29.6. The molecular formula is C39H54O6. The molecular weight excluding hydrogens is 564 g/mol. The van der Waals surface area contributed by atoms with Crippen molar-refractivity contribution in [3.63, 3.8) is 0 Å². The molecule has 1 aromatic rings. The van der Waals surface area contributed by atoms with Crippen LogP contribution in [0.3, 0.4) is 0 Å². The van der Waals surface area contributed by atoms with Gasteiger partial charge in [-0.2, -0.15) is 0 Å². The topological polar surface area (TPSA) is 104 Å². The maximum atomic E-state index is 13.0. The zero-order valence-corrected chi connectivity index (χ0v) is 28.4. The lowest BCUT2D eigenvalue weighted by atomic mass is 9.33. The third-order valence-electron chi connectivity index (χ3n) is 15.0. The number of hydrogen-bond donors (Lipinski definition) is 3. The molecule has 3 N–H and O–H groups in total. The monoisotopic (exact) mass is 618 g/mol. The first-order chi connectivity index (χ1) is 20.9. The SMILES string of the molecule is CC1(C(=O)O)CC[C@]2(C)CC[C@]3(C)C(=CC[C@@H]4[C@@]5(C)CC[C@@H](OC(=O)C=Cc6ccc(O)c(O)c6)C(C)(C)C5CC[C@]43C)[C@H]2C1. The number of carbonyl (C=O) groups excluding carboxylic acids is 1. The highest BCUT2D eigenvalue weighted by Gasteiger charge is 2.68. The van der Waals surface area contributed by atoms with E-state index in [1.54, 1.807) is 17.7 Å². The highest BCUT2D eigenvalue weighted by atomic mass is 16.5. The fraction of sp³-hybridized carbons (Fsp3) is 0.692. The van der Waals surface area contributed by atoms with Gasteiger partial charge in [0.15, 0.2) is 11.5 Å². The van der Waals surface area contributed by atoms with Gasteiger partial charge in [0.1, 0.15) is 6.10 Å². The van der Waals surface area contributed by atoms with Crippen molar-refractivity contribution in [3.05, 3.63) is 41.5 Å². The standard InChI is InChI=1S/C39H54O6/c1-34(2)29-14-17-39(7)30(12-10-25-26-23-36(4,33(43)44)19-18-35(26,3)20-21-38(25,39)6)37(29,5)16-15-31(34)45-32(42)13-9-24-8-11-27(40)28(41)22-24/h8-11,13,22,26,29-31,40-41H,12,14-21,23H2,1-7H3,(H,43,44)/t26-,29?,30-,31-,35-,36?,37+,38-,39-/m1/s1. The van der Waals surface area contributed by atoms with E-state index in [1.165, 1.54) is 31.1 Å². The van der Waals surface area contributed by atoms with E-state index in [-0.39, 0.29) is 50.6 Å². The fourth-order valence-corrected chi connectivity index (χ4v) is 11.7. The number of fused-ring (bicyclic) bond motifs is 7. The largest absolute Gasteiger partial charge is 0.504 e. The zero-order valence-electron chi connectivity index (χ0n) is 28.4. The van der Waals surface area contributed by atoms with E-state index in [0.717, 1.165) is 51.4 Å². The highest BCUT2D eigenvalue weighted by molar-refractivity contribution is 5.87. The summed E-state index contributed by atoms with van der Waals surface area (Å²) in [6.07, 6.45) is 15.4. The third kappa shape index (κ3) is 4.70. The number of rotatable bonds is 4. The molecule has 4 fully saturated rings. The maximum Gasteiger partial charge on any atom is 0.331 e. The Morgan fingerprint density at radius 1 is 0.867 bits per heavy atom. The average Bonchev–Trinajstić information content (AvgIpc) is 2.96. The number of ether oxygens (including phenoxy) is 1. The molecule has 5 aliphatic carbocycles. The Labute approximate surface area is 269 Å². The first kappa shape index (κ1) is 32.2. The molecule has 0 heterocycles. The Kier molecular flexibility index (Phi) is 7.42. The quantitative estimate of drug-likeness (QED) is 0.135. The van der Waals surface area contributed by atoms with Crippen LogP contribution in [-0.4, -0.2) is 33.4 Å². The van der Waals surface area contributed by atoms with Crippen LogP contribution in [0, 0.1) is 50.2 Å². The number of carboxylic acid groups (broad SMARTS) is 1. The van der Waals surface area contributed by atoms with Gasteiger partial charge in [0.25, 0.3) is 0 Å². The Balaban J connectivity index is 1.24. The van der Waals surface area contributed by atoms with Crippen LogP contribution in [0.25, 0.3) is 6.08 Å². The van der Waals surface area contributed by atoms with Crippen LogP contribution in [0.1, 0.15) is 118 Å². The molecule has 6 heteroatoms. The van der Waals surface area contributed by atoms with Crippen LogP contribution in [0.4, 0.5) is 0 Å². The van der Waals surface area contributed by atoms with Crippen LogP contribution >= 0.6 is 0 Å². The van der Waals surface area contributed by atoms with Crippen molar-refractivity contribution in [2.75, 3.05) is 0 Å². The molecule has 0 bridgehead atoms. The minimum Gasteiger partial charge on any atom is -0.504 e. The van der Waals surface area contributed by atoms with Gasteiger partial charge >= 0.3 is 11.9 Å². The molecule has 2 unspecified atom stereocenters. The molecule has 1 aromatic carbocycles. The summed E-state index contributed by atoms with van der Waals surface area (Å²) in [7, 11) is 0. The van der Waals surface area contributed by atoms with Gasteiger partial charge in [0.05, 0.1) is 5.41 Å². The minimum absolute atomic E-state index is 0.0613. The number of aliphatic carboxylic acids is 1. The molecule has 5 aliphatic rings. The van der Waals surface area contributed by atoms with Gasteiger partial charge in [0, 0.05) is 11.5 Å². The summed E-state index contributed by atoms with van der Waals surface area (Å²) < 4.78 is 6.15. The number of benzene rings is 1. The maximum absolute atomic E-state index is 13.0. The molecule has 45 heavy (non-hydrogen) atoms. The minimum atomic E-state index is -0.647. The Morgan fingerprint density at radius 3 is 2.27 bits per heavy atom. The molecule has 246 valence electrons. The van der Waals surface area contributed by atoms with Crippen molar-refractivity contribution in [3.8, 4) is 11.5 Å². The Bertz CT molecular complexity index is 1460. The summed E-state index contributed by atoms with van der Waals surface area (Å²) in [6.45, 7) is 16.6. The number of aromatic hydroxyl groups is 2. The average molecular weight is 619 g/mol. The third-order valence-corrected chi connectivity index (χ3v) is 15.0. The number of carboxylic acids is 1. The molecule has 0 spiro atoms. The van der Waals surface area contributed by atoms with E-state index < -0.39 is 11.4 Å². The van der Waals surface area contributed by atoms with Gasteiger partial charge in [-0.25, -0.2) is 4.79 Å². The van der Waals surface area contributed by atoms with E-state index in [9.17, 15) is 24.9 Å². The van der Waals surface area contributed by atoms with Crippen molar-refractivity contribution < 1.29 is 29.6 Å². The Morgan fingerprint density at radius 2 is 1.58 bits per heavy atom. The molecule has 0 radical (unpaired) electrons. The van der Waals surface area contributed by atoms with Crippen molar-refractivity contribution in [2.45, 2.75) is 119 Å². The van der Waals surface area contributed by atoms with E-state index in [1.807, 2.05) is 6.92 Å². The number of esters is 1. The predicted octanol–water partition coefficient (Wildman–Crippen LogP) is 8.91. The normalized spacial score (nSPS) is 43.7. The van der Waals surface area contributed by atoms with Crippen LogP contribution < -0.4 is 0 Å². The second kappa shape index (κ2) is 10.4. The van der Waals surface area contributed by atoms with Gasteiger partial charge in [-0.05, 0) is 134 Å². The molecule has 6 rings (SSSR count). The van der Waals surface area contributed by atoms with Gasteiger partial charge < -0.3 is 20.1 Å². The van der Waals surface area contributed by atoms with Crippen LogP contribution in [0.2, 0.25) is 0 Å². The molecule has 9 atom stereocenters. The summed E-state index contributed by atoms with van der Waals surface area (Å²) in [5.74, 6) is -0.158. The van der Waals surface area contributed by atoms with Gasteiger partial charge in [-0.1, -0.05) is 59.3 Å². The fourth-order valence-electron chi connectivity index (χ4n) is 11.7. The number of phenols is 2. The second-order valence-electron chi connectivity index (χ2n) is 17.4.